The number of nitrogens with one attached hydrogen (secondary N) is 1. The van der Waals surface area contributed by atoms with E-state index in [1.54, 1.807) is 6.20 Å². The van der Waals surface area contributed by atoms with Gasteiger partial charge in [0.1, 0.15) is 5.76 Å². The third kappa shape index (κ3) is 1.94. The summed E-state index contributed by atoms with van der Waals surface area (Å²) < 4.78 is 5.35. The van der Waals surface area contributed by atoms with Crippen LogP contribution < -0.4 is 11.1 Å². The number of furan rings is 1. The van der Waals surface area contributed by atoms with Crippen LogP contribution in [0, 0.1) is 6.92 Å². The molecule has 0 unspecified atom stereocenters. The first-order chi connectivity index (χ1) is 6.78. The summed E-state index contributed by atoms with van der Waals surface area (Å²) in [7, 11) is 0. The standard InChI is InChI=1S/C9H11N3OS/c1-6-2-3-8(13-6)12-9-11-5-7(4-10)14-9/h2-3,5H,4,10H2,1H3,(H,11,12). The summed E-state index contributed by atoms with van der Waals surface area (Å²) in [5.74, 6) is 1.59. The molecule has 0 radical (unpaired) electrons. The normalized spacial score (nSPS) is 10.4. The molecule has 0 aliphatic heterocycles. The molecule has 0 saturated heterocycles. The van der Waals surface area contributed by atoms with Gasteiger partial charge in [0.25, 0.3) is 0 Å². The quantitative estimate of drug-likeness (QED) is 0.813. The molecular formula is C9H11N3OS. The first-order valence-corrected chi connectivity index (χ1v) is 5.08. The van der Waals surface area contributed by atoms with Crippen molar-refractivity contribution in [3.8, 4) is 0 Å². The van der Waals surface area contributed by atoms with E-state index in [-0.39, 0.29) is 0 Å². The first-order valence-electron chi connectivity index (χ1n) is 4.26. The Morgan fingerprint density at radius 3 is 3.00 bits per heavy atom. The molecule has 0 saturated carbocycles. The monoisotopic (exact) mass is 209 g/mol. The summed E-state index contributed by atoms with van der Waals surface area (Å²) in [5, 5.41) is 3.87. The number of thiazole rings is 1. The van der Waals surface area contributed by atoms with Crippen LogP contribution in [0.4, 0.5) is 11.0 Å². The largest absolute Gasteiger partial charge is 0.446 e. The Balaban J connectivity index is 2.10. The van der Waals surface area contributed by atoms with E-state index in [9.17, 15) is 0 Å². The Morgan fingerprint density at radius 2 is 2.43 bits per heavy atom. The van der Waals surface area contributed by atoms with Crippen molar-refractivity contribution in [1.82, 2.24) is 4.98 Å². The van der Waals surface area contributed by atoms with Gasteiger partial charge in [-0.15, -0.1) is 11.3 Å². The van der Waals surface area contributed by atoms with E-state index in [1.165, 1.54) is 11.3 Å². The Bertz CT molecular complexity index is 421. The van der Waals surface area contributed by atoms with E-state index in [1.807, 2.05) is 19.1 Å². The van der Waals surface area contributed by atoms with Crippen LogP contribution in [0.3, 0.4) is 0 Å². The highest BCUT2D eigenvalue weighted by Crippen LogP contribution is 2.23. The second kappa shape index (κ2) is 3.81. The summed E-state index contributed by atoms with van der Waals surface area (Å²) in [5.41, 5.74) is 5.48. The van der Waals surface area contributed by atoms with Crippen molar-refractivity contribution >= 4 is 22.4 Å². The lowest BCUT2D eigenvalue weighted by molar-refractivity contribution is 0.551. The molecule has 0 aliphatic carbocycles. The van der Waals surface area contributed by atoms with E-state index in [4.69, 9.17) is 10.2 Å². The van der Waals surface area contributed by atoms with Gasteiger partial charge in [-0.25, -0.2) is 4.98 Å². The molecule has 2 aromatic heterocycles. The predicted octanol–water partition coefficient (Wildman–Crippen LogP) is 2.25. The summed E-state index contributed by atoms with van der Waals surface area (Å²) >= 11 is 1.53. The number of aromatic nitrogens is 1. The molecule has 0 aliphatic rings. The lowest BCUT2D eigenvalue weighted by atomic mass is 10.5. The Kier molecular flexibility index (Phi) is 2.51. The first kappa shape index (κ1) is 9.23. The molecule has 0 aromatic carbocycles. The lowest BCUT2D eigenvalue weighted by Gasteiger charge is -1.95. The molecule has 0 fully saturated rings. The van der Waals surface area contributed by atoms with Gasteiger partial charge in [-0.1, -0.05) is 0 Å². The van der Waals surface area contributed by atoms with Gasteiger partial charge in [-0.2, -0.15) is 0 Å². The molecule has 5 heteroatoms. The van der Waals surface area contributed by atoms with E-state index in [0.717, 1.165) is 15.8 Å². The molecule has 74 valence electrons. The van der Waals surface area contributed by atoms with Crippen LogP contribution in [0.2, 0.25) is 0 Å². The highest BCUT2D eigenvalue weighted by atomic mass is 32.1. The molecule has 4 nitrogen and oxygen atoms in total. The van der Waals surface area contributed by atoms with Gasteiger partial charge in [-0.3, -0.25) is 0 Å². The zero-order valence-electron chi connectivity index (χ0n) is 7.78. The molecule has 14 heavy (non-hydrogen) atoms. The van der Waals surface area contributed by atoms with Crippen molar-refractivity contribution in [3.05, 3.63) is 29.0 Å². The van der Waals surface area contributed by atoms with Crippen LogP contribution in [0.5, 0.6) is 0 Å². The SMILES string of the molecule is Cc1ccc(Nc2ncc(CN)s2)o1. The number of aryl methyl sites for hydroxylation is 1. The summed E-state index contributed by atoms with van der Waals surface area (Å²) in [6, 6.07) is 3.78. The van der Waals surface area contributed by atoms with Crippen LogP contribution in [-0.4, -0.2) is 4.98 Å². The molecule has 2 heterocycles. The fourth-order valence-electron chi connectivity index (χ4n) is 1.07. The molecule has 0 atom stereocenters. The van der Waals surface area contributed by atoms with Crippen molar-refractivity contribution in [2.24, 2.45) is 5.73 Å². The third-order valence-electron chi connectivity index (χ3n) is 1.73. The van der Waals surface area contributed by atoms with Crippen molar-refractivity contribution in [2.45, 2.75) is 13.5 Å². The van der Waals surface area contributed by atoms with Gasteiger partial charge in [0.2, 0.25) is 0 Å². The lowest BCUT2D eigenvalue weighted by Crippen LogP contribution is -1.91. The Morgan fingerprint density at radius 1 is 1.57 bits per heavy atom. The number of nitrogens with zero attached hydrogens (tertiary/aromatic N) is 1. The van der Waals surface area contributed by atoms with Gasteiger partial charge in [0.15, 0.2) is 11.0 Å². The van der Waals surface area contributed by atoms with Crippen molar-refractivity contribution in [2.75, 3.05) is 5.32 Å². The minimum Gasteiger partial charge on any atom is -0.446 e. The highest BCUT2D eigenvalue weighted by molar-refractivity contribution is 7.15. The van der Waals surface area contributed by atoms with Crippen LogP contribution in [0.1, 0.15) is 10.6 Å². The minimum atomic E-state index is 0.524. The molecule has 2 rings (SSSR count). The van der Waals surface area contributed by atoms with Crippen LogP contribution >= 0.6 is 11.3 Å². The zero-order valence-corrected chi connectivity index (χ0v) is 8.60. The second-order valence-corrected chi connectivity index (χ2v) is 3.99. The summed E-state index contributed by atoms with van der Waals surface area (Å²) in [4.78, 5) is 5.21. The molecular weight excluding hydrogens is 198 g/mol. The second-order valence-electron chi connectivity index (χ2n) is 2.87. The molecule has 0 spiro atoms. The molecule has 2 aromatic rings. The van der Waals surface area contributed by atoms with Crippen LogP contribution in [0.25, 0.3) is 0 Å². The molecule has 0 amide bonds. The molecule has 3 N–H and O–H groups in total. The van der Waals surface area contributed by atoms with E-state index in [2.05, 4.69) is 10.3 Å². The minimum absolute atomic E-state index is 0.524. The highest BCUT2D eigenvalue weighted by Gasteiger charge is 2.03. The van der Waals surface area contributed by atoms with Gasteiger partial charge < -0.3 is 15.5 Å². The Labute approximate surface area is 85.8 Å². The van der Waals surface area contributed by atoms with Gasteiger partial charge >= 0.3 is 0 Å². The number of hydrogen-bond donors (Lipinski definition) is 2. The number of hydrogen-bond acceptors (Lipinski definition) is 5. The Hall–Kier alpha value is -1.33. The number of rotatable bonds is 3. The van der Waals surface area contributed by atoms with Crippen molar-refractivity contribution in [3.63, 3.8) is 0 Å². The smallest absolute Gasteiger partial charge is 0.199 e. The topological polar surface area (TPSA) is 64.1 Å². The van der Waals surface area contributed by atoms with Crippen molar-refractivity contribution < 1.29 is 4.42 Å². The maximum Gasteiger partial charge on any atom is 0.199 e. The number of nitrogens with two attached hydrogens (primary N) is 1. The van der Waals surface area contributed by atoms with Gasteiger partial charge in [0.05, 0.1) is 0 Å². The maximum absolute atomic E-state index is 5.48. The third-order valence-corrected chi connectivity index (χ3v) is 2.66. The van der Waals surface area contributed by atoms with Crippen molar-refractivity contribution in [1.29, 1.82) is 0 Å². The van der Waals surface area contributed by atoms with E-state index < -0.39 is 0 Å². The van der Waals surface area contributed by atoms with E-state index >= 15 is 0 Å². The fourth-order valence-corrected chi connectivity index (χ4v) is 1.76. The average Bonchev–Trinajstić information content (AvgIpc) is 2.76. The average molecular weight is 209 g/mol. The van der Waals surface area contributed by atoms with Crippen LogP contribution in [0.15, 0.2) is 22.7 Å². The zero-order chi connectivity index (χ0) is 9.97. The summed E-state index contributed by atoms with van der Waals surface area (Å²) in [6.45, 7) is 2.43. The van der Waals surface area contributed by atoms with E-state index in [0.29, 0.717) is 12.4 Å². The molecule has 0 bridgehead atoms. The predicted molar refractivity (Wildman–Crippen MR) is 56.7 cm³/mol. The van der Waals surface area contributed by atoms with Crippen LogP contribution in [-0.2, 0) is 6.54 Å². The van der Waals surface area contributed by atoms with Gasteiger partial charge in [-0.05, 0) is 13.0 Å². The number of anilines is 2. The summed E-state index contributed by atoms with van der Waals surface area (Å²) in [6.07, 6.45) is 1.77. The van der Waals surface area contributed by atoms with Gasteiger partial charge in [0, 0.05) is 23.7 Å². The fraction of sp³-hybridized carbons (Fsp3) is 0.222. The maximum atomic E-state index is 5.48.